The van der Waals surface area contributed by atoms with E-state index in [2.05, 4.69) is 13.2 Å². The third-order valence-corrected chi connectivity index (χ3v) is 4.10. The van der Waals surface area contributed by atoms with Crippen molar-refractivity contribution in [3.05, 3.63) is 24.3 Å². The monoisotopic (exact) mass is 212 g/mol. The van der Waals surface area contributed by atoms with Crippen LogP contribution in [0.3, 0.4) is 0 Å². The van der Waals surface area contributed by atoms with Gasteiger partial charge in [0.15, 0.2) is 0 Å². The molecule has 0 fully saturated rings. The smallest absolute Gasteiger partial charge is 0.0904 e. The van der Waals surface area contributed by atoms with Gasteiger partial charge < -0.3 is 10.2 Å². The molecule has 0 heterocycles. The van der Waals surface area contributed by atoms with Gasteiger partial charge in [0, 0.05) is 5.41 Å². The average Bonchev–Trinajstić information content (AvgIpc) is 2.02. The van der Waals surface area contributed by atoms with Crippen LogP contribution < -0.4 is 0 Å². The van der Waals surface area contributed by atoms with Crippen LogP contribution in [0.15, 0.2) is 24.3 Å². The summed E-state index contributed by atoms with van der Waals surface area (Å²) in [6, 6.07) is 0. The van der Waals surface area contributed by atoms with Crippen LogP contribution in [0.2, 0.25) is 0 Å². The number of hydrogen-bond donors (Lipinski definition) is 2. The molecule has 0 rings (SSSR count). The molecule has 0 bridgehead atoms. The minimum atomic E-state index is -1.14. The van der Waals surface area contributed by atoms with Gasteiger partial charge in [0.05, 0.1) is 11.2 Å². The molecule has 0 aromatic carbocycles. The highest BCUT2D eigenvalue weighted by Gasteiger charge is 2.52. The van der Waals surface area contributed by atoms with Crippen molar-refractivity contribution in [2.75, 3.05) is 0 Å². The van der Waals surface area contributed by atoms with E-state index >= 15 is 0 Å². The van der Waals surface area contributed by atoms with E-state index in [-0.39, 0.29) is 0 Å². The lowest BCUT2D eigenvalue weighted by Crippen LogP contribution is -2.57. The highest BCUT2D eigenvalue weighted by Crippen LogP contribution is 2.46. The largest absolute Gasteiger partial charge is 0.385 e. The standard InChI is InChI=1S/C13H24O2/c1-9(2)12(7,14)11(5,6)13(8,15)10(3)4/h14-15H,1,3H2,2,4-8H3/t12-,13-/m0/s1. The molecule has 0 unspecified atom stereocenters. The first-order chi connectivity index (χ1) is 6.39. The third-order valence-electron chi connectivity index (χ3n) is 4.10. The van der Waals surface area contributed by atoms with Crippen LogP contribution in [0.5, 0.6) is 0 Å². The summed E-state index contributed by atoms with van der Waals surface area (Å²) < 4.78 is 0. The highest BCUT2D eigenvalue weighted by molar-refractivity contribution is 5.24. The van der Waals surface area contributed by atoms with Gasteiger partial charge in [-0.05, 0) is 38.8 Å². The normalized spacial score (nSPS) is 20.3. The summed E-state index contributed by atoms with van der Waals surface area (Å²) in [5.74, 6) is 0. The van der Waals surface area contributed by atoms with E-state index in [1.54, 1.807) is 27.7 Å². The Morgan fingerprint density at radius 2 is 1.00 bits per heavy atom. The summed E-state index contributed by atoms with van der Waals surface area (Å²) in [5.41, 5.74) is -1.77. The Morgan fingerprint density at radius 1 is 0.800 bits per heavy atom. The average molecular weight is 212 g/mol. The molecular formula is C13H24O2. The lowest BCUT2D eigenvalue weighted by molar-refractivity contribution is -0.127. The Hall–Kier alpha value is -0.600. The van der Waals surface area contributed by atoms with Crippen molar-refractivity contribution in [1.82, 2.24) is 0 Å². The fourth-order valence-electron chi connectivity index (χ4n) is 1.54. The van der Waals surface area contributed by atoms with E-state index in [1.807, 2.05) is 13.8 Å². The zero-order chi connectivity index (χ0) is 12.7. The Bertz CT molecular complexity index is 255. The maximum atomic E-state index is 10.4. The van der Waals surface area contributed by atoms with Crippen LogP contribution in [-0.4, -0.2) is 21.4 Å². The maximum absolute atomic E-state index is 10.4. The van der Waals surface area contributed by atoms with E-state index in [1.165, 1.54) is 0 Å². The van der Waals surface area contributed by atoms with Gasteiger partial charge in [-0.2, -0.15) is 0 Å². The molecule has 2 heteroatoms. The van der Waals surface area contributed by atoms with E-state index in [9.17, 15) is 10.2 Å². The van der Waals surface area contributed by atoms with Gasteiger partial charge in [0.25, 0.3) is 0 Å². The lowest BCUT2D eigenvalue weighted by atomic mass is 9.61. The minimum absolute atomic E-state index is 0.633. The second-order valence-electron chi connectivity index (χ2n) is 5.33. The molecule has 15 heavy (non-hydrogen) atoms. The van der Waals surface area contributed by atoms with Crippen molar-refractivity contribution in [2.24, 2.45) is 5.41 Å². The lowest BCUT2D eigenvalue weighted by Gasteiger charge is -2.50. The van der Waals surface area contributed by atoms with Gasteiger partial charge in [-0.3, -0.25) is 0 Å². The Kier molecular flexibility index (Phi) is 3.61. The Balaban J connectivity index is 5.50. The second-order valence-corrected chi connectivity index (χ2v) is 5.33. The van der Waals surface area contributed by atoms with Crippen LogP contribution in [0.1, 0.15) is 41.5 Å². The fraction of sp³-hybridized carbons (Fsp3) is 0.692. The van der Waals surface area contributed by atoms with E-state index in [4.69, 9.17) is 0 Å². The molecular weight excluding hydrogens is 188 g/mol. The Morgan fingerprint density at radius 3 is 1.13 bits per heavy atom. The van der Waals surface area contributed by atoms with Crippen molar-refractivity contribution in [1.29, 1.82) is 0 Å². The molecule has 0 aliphatic rings. The predicted molar refractivity (Wildman–Crippen MR) is 64.7 cm³/mol. The van der Waals surface area contributed by atoms with Crippen molar-refractivity contribution in [2.45, 2.75) is 52.7 Å². The summed E-state index contributed by atoms with van der Waals surface area (Å²) >= 11 is 0. The minimum Gasteiger partial charge on any atom is -0.385 e. The quantitative estimate of drug-likeness (QED) is 0.703. The zero-order valence-electron chi connectivity index (χ0n) is 10.8. The second kappa shape index (κ2) is 3.76. The van der Waals surface area contributed by atoms with Crippen molar-refractivity contribution in [3.8, 4) is 0 Å². The topological polar surface area (TPSA) is 40.5 Å². The highest BCUT2D eigenvalue weighted by atomic mass is 16.3. The molecule has 0 aliphatic carbocycles. The van der Waals surface area contributed by atoms with Crippen LogP contribution in [-0.2, 0) is 0 Å². The van der Waals surface area contributed by atoms with Gasteiger partial charge >= 0.3 is 0 Å². The molecule has 2 nitrogen and oxygen atoms in total. The molecule has 0 saturated heterocycles. The summed E-state index contributed by atoms with van der Waals surface area (Å²) in [4.78, 5) is 0. The Labute approximate surface area is 93.3 Å². The molecule has 2 N–H and O–H groups in total. The maximum Gasteiger partial charge on any atom is 0.0904 e. The summed E-state index contributed by atoms with van der Waals surface area (Å²) in [6.45, 7) is 18.0. The van der Waals surface area contributed by atoms with Crippen LogP contribution >= 0.6 is 0 Å². The van der Waals surface area contributed by atoms with Crippen molar-refractivity contribution >= 4 is 0 Å². The number of rotatable bonds is 4. The van der Waals surface area contributed by atoms with Gasteiger partial charge in [-0.25, -0.2) is 0 Å². The summed E-state index contributed by atoms with van der Waals surface area (Å²) in [7, 11) is 0. The fourth-order valence-corrected chi connectivity index (χ4v) is 1.54. The van der Waals surface area contributed by atoms with Crippen LogP contribution in [0, 0.1) is 5.41 Å². The summed E-state index contributed by atoms with van der Waals surface area (Å²) in [5, 5.41) is 20.8. The third kappa shape index (κ3) is 2.01. The number of aliphatic hydroxyl groups is 2. The van der Waals surface area contributed by atoms with E-state index in [0.29, 0.717) is 11.1 Å². The molecule has 88 valence electrons. The first-order valence-electron chi connectivity index (χ1n) is 5.15. The van der Waals surface area contributed by atoms with E-state index in [0.717, 1.165) is 0 Å². The van der Waals surface area contributed by atoms with Crippen molar-refractivity contribution in [3.63, 3.8) is 0 Å². The molecule has 0 spiro atoms. The van der Waals surface area contributed by atoms with Gasteiger partial charge in [-0.1, -0.05) is 27.0 Å². The molecule has 0 aromatic heterocycles. The predicted octanol–water partition coefficient (Wildman–Crippen LogP) is 2.67. The molecule has 0 radical (unpaired) electrons. The van der Waals surface area contributed by atoms with Crippen molar-refractivity contribution < 1.29 is 10.2 Å². The van der Waals surface area contributed by atoms with Crippen LogP contribution in [0.25, 0.3) is 0 Å². The molecule has 0 amide bonds. The molecule has 0 saturated carbocycles. The van der Waals surface area contributed by atoms with E-state index < -0.39 is 16.6 Å². The first-order valence-corrected chi connectivity index (χ1v) is 5.15. The first kappa shape index (κ1) is 14.4. The molecule has 0 aliphatic heterocycles. The molecule has 2 atom stereocenters. The van der Waals surface area contributed by atoms with Gasteiger partial charge in [-0.15, -0.1) is 0 Å². The number of hydrogen-bond acceptors (Lipinski definition) is 2. The van der Waals surface area contributed by atoms with Crippen LogP contribution in [0.4, 0.5) is 0 Å². The zero-order valence-corrected chi connectivity index (χ0v) is 10.8. The SMILES string of the molecule is C=C(C)[C@](C)(O)C(C)(C)[C@@](C)(O)C(=C)C. The van der Waals surface area contributed by atoms with Gasteiger partial charge in [0.1, 0.15) is 0 Å². The molecule has 0 aromatic rings. The summed E-state index contributed by atoms with van der Waals surface area (Å²) in [6.07, 6.45) is 0. The van der Waals surface area contributed by atoms with Gasteiger partial charge in [0.2, 0.25) is 0 Å².